The van der Waals surface area contributed by atoms with Crippen molar-refractivity contribution in [3.05, 3.63) is 99.6 Å². The highest BCUT2D eigenvalue weighted by Gasteiger charge is 2.38. The Morgan fingerprint density at radius 1 is 1.06 bits per heavy atom. The van der Waals surface area contributed by atoms with Crippen LogP contribution in [0.5, 0.6) is 5.75 Å². The lowest BCUT2D eigenvalue weighted by Crippen LogP contribution is -2.34. The maximum Gasteiger partial charge on any atom is 0.251 e. The van der Waals surface area contributed by atoms with E-state index in [2.05, 4.69) is 5.32 Å². The molecule has 3 rings (SSSR count). The highest BCUT2D eigenvalue weighted by Crippen LogP contribution is 2.41. The Morgan fingerprint density at radius 2 is 1.74 bits per heavy atom. The molecule has 0 radical (unpaired) electrons. The molecule has 0 bridgehead atoms. The number of amides is 1. The first-order valence-corrected chi connectivity index (χ1v) is 10.3. The Morgan fingerprint density at radius 3 is 2.35 bits per heavy atom. The molecule has 1 amide bonds. The highest BCUT2D eigenvalue weighted by molar-refractivity contribution is 6.30. The van der Waals surface area contributed by atoms with Crippen LogP contribution in [0.1, 0.15) is 32.6 Å². The number of benzene rings is 3. The lowest BCUT2D eigenvalue weighted by atomic mass is 9.76. The van der Waals surface area contributed by atoms with Gasteiger partial charge in [0.1, 0.15) is 11.4 Å². The van der Waals surface area contributed by atoms with Gasteiger partial charge < -0.3 is 20.1 Å². The third-order valence-electron chi connectivity index (χ3n) is 5.24. The van der Waals surface area contributed by atoms with E-state index in [4.69, 9.17) is 16.3 Å². The summed E-state index contributed by atoms with van der Waals surface area (Å²) in [5.41, 5.74) is 1.45. The lowest BCUT2D eigenvalue weighted by molar-refractivity contribution is 0.0938. The van der Waals surface area contributed by atoms with E-state index < -0.39 is 5.60 Å². The van der Waals surface area contributed by atoms with E-state index in [9.17, 15) is 9.90 Å². The van der Waals surface area contributed by atoms with Crippen LogP contribution in [-0.2, 0) is 12.1 Å². The monoisotopic (exact) mass is 438 g/mol. The molecule has 6 heteroatoms. The molecular formula is C25H27ClN2O3. The normalized spacial score (nSPS) is 13.0. The molecular weight excluding hydrogens is 412 g/mol. The van der Waals surface area contributed by atoms with Gasteiger partial charge in [-0.3, -0.25) is 4.79 Å². The van der Waals surface area contributed by atoms with Crippen molar-refractivity contribution in [3.63, 3.8) is 0 Å². The SMILES string of the molecule is CNC(=O)c1cc(OC)ccc1C(O)(c1ccc(Cl)cc1)c1ccccc1CN(C)C. The predicted molar refractivity (Wildman–Crippen MR) is 124 cm³/mol. The maximum absolute atomic E-state index is 12.8. The van der Waals surface area contributed by atoms with Crippen molar-refractivity contribution >= 4 is 17.5 Å². The number of rotatable bonds is 7. The number of carbonyl (C=O) groups excluding carboxylic acids is 1. The Labute approximate surface area is 188 Å². The lowest BCUT2D eigenvalue weighted by Gasteiger charge is -2.34. The van der Waals surface area contributed by atoms with Crippen LogP contribution in [0.2, 0.25) is 5.02 Å². The van der Waals surface area contributed by atoms with Gasteiger partial charge in [-0.1, -0.05) is 54.1 Å². The minimum absolute atomic E-state index is 0.314. The van der Waals surface area contributed by atoms with Crippen LogP contribution >= 0.6 is 11.6 Å². The van der Waals surface area contributed by atoms with Gasteiger partial charge in [-0.15, -0.1) is 0 Å². The number of halogens is 1. The second-order valence-electron chi connectivity index (χ2n) is 7.60. The molecule has 1 unspecified atom stereocenters. The minimum atomic E-state index is -1.59. The number of ether oxygens (including phenoxy) is 1. The second-order valence-corrected chi connectivity index (χ2v) is 8.04. The summed E-state index contributed by atoms with van der Waals surface area (Å²) in [6.07, 6.45) is 0. The van der Waals surface area contributed by atoms with Gasteiger partial charge in [0.2, 0.25) is 0 Å². The van der Waals surface area contributed by atoms with Crippen molar-refractivity contribution < 1.29 is 14.6 Å². The number of nitrogens with one attached hydrogen (secondary N) is 1. The van der Waals surface area contributed by atoms with Gasteiger partial charge in [0, 0.05) is 29.7 Å². The van der Waals surface area contributed by atoms with E-state index in [0.717, 1.165) is 5.56 Å². The van der Waals surface area contributed by atoms with Crippen molar-refractivity contribution in [1.82, 2.24) is 10.2 Å². The fourth-order valence-corrected chi connectivity index (χ4v) is 3.91. The van der Waals surface area contributed by atoms with Crippen LogP contribution in [0.3, 0.4) is 0 Å². The fourth-order valence-electron chi connectivity index (χ4n) is 3.79. The maximum atomic E-state index is 12.8. The number of hydrogen-bond donors (Lipinski definition) is 2. The third kappa shape index (κ3) is 4.59. The standard InChI is InChI=1S/C25H27ClN2O3/c1-27-24(29)21-15-20(31-4)13-14-23(21)25(30,18-9-11-19(26)12-10-18)22-8-6-5-7-17(22)16-28(2)3/h5-15,30H,16H2,1-4H3,(H,27,29). The summed E-state index contributed by atoms with van der Waals surface area (Å²) < 4.78 is 5.33. The summed E-state index contributed by atoms with van der Waals surface area (Å²) in [5, 5.41) is 15.6. The molecule has 0 saturated heterocycles. The Balaban J connectivity index is 2.37. The molecule has 5 nitrogen and oxygen atoms in total. The van der Waals surface area contributed by atoms with Gasteiger partial charge >= 0.3 is 0 Å². The van der Waals surface area contributed by atoms with E-state index >= 15 is 0 Å². The average Bonchev–Trinajstić information content (AvgIpc) is 2.78. The summed E-state index contributed by atoms with van der Waals surface area (Å²) in [7, 11) is 7.05. The van der Waals surface area contributed by atoms with Crippen LogP contribution in [0.15, 0.2) is 66.7 Å². The number of aliphatic hydroxyl groups is 1. The zero-order chi connectivity index (χ0) is 22.6. The molecule has 0 fully saturated rings. The van der Waals surface area contributed by atoms with Crippen LogP contribution in [-0.4, -0.2) is 44.2 Å². The fraction of sp³-hybridized carbons (Fsp3) is 0.240. The molecule has 3 aromatic rings. The van der Waals surface area contributed by atoms with Gasteiger partial charge in [-0.05, 0) is 55.1 Å². The molecule has 0 heterocycles. The van der Waals surface area contributed by atoms with Crippen LogP contribution < -0.4 is 10.1 Å². The molecule has 0 saturated carbocycles. The van der Waals surface area contributed by atoms with Crippen LogP contribution in [0, 0.1) is 0 Å². The van der Waals surface area contributed by atoms with Gasteiger partial charge in [-0.2, -0.15) is 0 Å². The number of hydrogen-bond acceptors (Lipinski definition) is 4. The molecule has 162 valence electrons. The summed E-state index contributed by atoms with van der Waals surface area (Å²) in [5.74, 6) is 0.216. The summed E-state index contributed by atoms with van der Waals surface area (Å²) in [6.45, 7) is 0.623. The number of nitrogens with zero attached hydrogens (tertiary/aromatic N) is 1. The molecule has 0 aliphatic carbocycles. The quantitative estimate of drug-likeness (QED) is 0.546. The van der Waals surface area contributed by atoms with Crippen molar-refractivity contribution in [1.29, 1.82) is 0 Å². The zero-order valence-electron chi connectivity index (χ0n) is 18.1. The zero-order valence-corrected chi connectivity index (χ0v) is 18.9. The Kier molecular flexibility index (Phi) is 7.01. The summed E-state index contributed by atoms with van der Waals surface area (Å²) in [6, 6.07) is 19.9. The van der Waals surface area contributed by atoms with E-state index in [1.807, 2.05) is 43.3 Å². The number of methoxy groups -OCH3 is 1. The molecule has 0 aliphatic heterocycles. The van der Waals surface area contributed by atoms with E-state index in [1.165, 1.54) is 0 Å². The first kappa shape index (κ1) is 22.8. The van der Waals surface area contributed by atoms with Crippen molar-refractivity contribution in [2.45, 2.75) is 12.1 Å². The molecule has 0 aromatic heterocycles. The first-order chi connectivity index (χ1) is 14.8. The smallest absolute Gasteiger partial charge is 0.251 e. The Bertz CT molecular complexity index is 1070. The van der Waals surface area contributed by atoms with E-state index in [0.29, 0.717) is 39.6 Å². The van der Waals surface area contributed by atoms with Gasteiger partial charge in [0.05, 0.1) is 7.11 Å². The molecule has 3 aromatic carbocycles. The first-order valence-electron chi connectivity index (χ1n) is 9.93. The van der Waals surface area contributed by atoms with Gasteiger partial charge in [0.25, 0.3) is 5.91 Å². The predicted octanol–water partition coefficient (Wildman–Crippen LogP) is 4.05. The minimum Gasteiger partial charge on any atom is -0.497 e. The average molecular weight is 439 g/mol. The van der Waals surface area contributed by atoms with Crippen LogP contribution in [0.25, 0.3) is 0 Å². The molecule has 0 aliphatic rings. The van der Waals surface area contributed by atoms with E-state index in [1.54, 1.807) is 56.6 Å². The molecule has 2 N–H and O–H groups in total. The molecule has 0 spiro atoms. The number of carbonyl (C=O) groups is 1. The van der Waals surface area contributed by atoms with Crippen molar-refractivity contribution in [2.24, 2.45) is 0 Å². The third-order valence-corrected chi connectivity index (χ3v) is 5.50. The highest BCUT2D eigenvalue weighted by atomic mass is 35.5. The largest absolute Gasteiger partial charge is 0.497 e. The topological polar surface area (TPSA) is 61.8 Å². The summed E-state index contributed by atoms with van der Waals surface area (Å²) >= 11 is 6.13. The Hall–Kier alpha value is -2.86. The van der Waals surface area contributed by atoms with Gasteiger partial charge in [-0.25, -0.2) is 0 Å². The van der Waals surface area contributed by atoms with Crippen molar-refractivity contribution in [2.75, 3.05) is 28.3 Å². The van der Waals surface area contributed by atoms with E-state index in [-0.39, 0.29) is 5.91 Å². The molecule has 1 atom stereocenters. The van der Waals surface area contributed by atoms with Crippen LogP contribution in [0.4, 0.5) is 0 Å². The molecule has 31 heavy (non-hydrogen) atoms. The second kappa shape index (κ2) is 9.52. The summed E-state index contributed by atoms with van der Waals surface area (Å²) in [4.78, 5) is 14.9. The van der Waals surface area contributed by atoms with Crippen molar-refractivity contribution in [3.8, 4) is 5.75 Å². The van der Waals surface area contributed by atoms with Gasteiger partial charge in [0.15, 0.2) is 0 Å².